The van der Waals surface area contributed by atoms with Crippen molar-refractivity contribution in [3.63, 3.8) is 0 Å². The van der Waals surface area contributed by atoms with Gasteiger partial charge in [0.15, 0.2) is 0 Å². The highest BCUT2D eigenvalue weighted by Crippen LogP contribution is 2.44. The lowest BCUT2D eigenvalue weighted by atomic mass is 9.77. The summed E-state index contributed by atoms with van der Waals surface area (Å²) in [5, 5.41) is 14.9. The number of hydrogen-bond donors (Lipinski definition) is 3. The zero-order valence-electron chi connectivity index (χ0n) is 21.1. The maximum atomic E-state index is 13.1. The molecule has 1 aliphatic carbocycles. The fourth-order valence-corrected chi connectivity index (χ4v) is 4.98. The molecule has 1 unspecified atom stereocenters. The first-order chi connectivity index (χ1) is 16.6. The van der Waals surface area contributed by atoms with Gasteiger partial charge in [0.05, 0.1) is 5.41 Å². The Morgan fingerprint density at radius 3 is 2.00 bits per heavy atom. The predicted octanol–water partition coefficient (Wildman–Crippen LogP) is 4.95. The largest absolute Gasteiger partial charge is 0.480 e. The van der Waals surface area contributed by atoms with Crippen LogP contribution in [0.2, 0.25) is 0 Å². The first-order valence-electron chi connectivity index (χ1n) is 12.2. The van der Waals surface area contributed by atoms with E-state index in [4.69, 9.17) is 4.74 Å². The molecule has 2 atom stereocenters. The average Bonchev–Trinajstić information content (AvgIpc) is 3.14. The number of rotatable bonds is 10. The molecule has 0 aromatic heterocycles. The van der Waals surface area contributed by atoms with Gasteiger partial charge in [-0.2, -0.15) is 0 Å². The quantitative estimate of drug-likeness (QED) is 0.447. The van der Waals surface area contributed by atoms with Crippen molar-refractivity contribution in [3.8, 4) is 11.1 Å². The van der Waals surface area contributed by atoms with E-state index in [-0.39, 0.29) is 18.4 Å². The van der Waals surface area contributed by atoms with Gasteiger partial charge in [0.25, 0.3) is 0 Å². The molecule has 0 saturated heterocycles. The normalized spacial score (nSPS) is 14.6. The summed E-state index contributed by atoms with van der Waals surface area (Å²) in [6, 6.07) is 14.7. The lowest BCUT2D eigenvalue weighted by molar-refractivity contribution is -0.144. The Morgan fingerprint density at radius 2 is 1.51 bits per heavy atom. The highest BCUT2D eigenvalue weighted by Gasteiger charge is 2.41. The van der Waals surface area contributed by atoms with Gasteiger partial charge in [0, 0.05) is 12.0 Å². The van der Waals surface area contributed by atoms with Gasteiger partial charge in [0.2, 0.25) is 5.91 Å². The highest BCUT2D eigenvalue weighted by molar-refractivity contribution is 5.88. The molecule has 7 nitrogen and oxygen atoms in total. The molecule has 0 fully saturated rings. The van der Waals surface area contributed by atoms with E-state index in [2.05, 4.69) is 34.9 Å². The number of carbonyl (C=O) groups excluding carboxylic acids is 2. The number of hydrogen-bond acceptors (Lipinski definition) is 4. The third kappa shape index (κ3) is 5.66. The van der Waals surface area contributed by atoms with Gasteiger partial charge in [-0.05, 0) is 48.4 Å². The molecule has 0 spiro atoms. The molecule has 188 valence electrons. The topological polar surface area (TPSA) is 105 Å². The van der Waals surface area contributed by atoms with Crippen molar-refractivity contribution in [2.75, 3.05) is 6.61 Å². The summed E-state index contributed by atoms with van der Waals surface area (Å²) in [7, 11) is 0. The summed E-state index contributed by atoms with van der Waals surface area (Å²) in [5.41, 5.74) is 3.49. The van der Waals surface area contributed by atoms with Crippen molar-refractivity contribution < 1.29 is 24.2 Å². The number of carboxylic acid groups (broad SMARTS) is 1. The molecule has 1 aliphatic rings. The van der Waals surface area contributed by atoms with Crippen molar-refractivity contribution >= 4 is 18.0 Å². The van der Waals surface area contributed by atoms with Crippen molar-refractivity contribution in [3.05, 3.63) is 59.7 Å². The Balaban J connectivity index is 1.69. The molecule has 0 bridgehead atoms. The number of ether oxygens (including phenoxy) is 1. The summed E-state index contributed by atoms with van der Waals surface area (Å²) in [6.45, 7) is 9.27. The first kappa shape index (κ1) is 26.3. The number of carbonyl (C=O) groups is 3. The number of fused-ring (bicyclic) bond motifs is 3. The summed E-state index contributed by atoms with van der Waals surface area (Å²) >= 11 is 0. The molecular formula is C28H36N2O5. The van der Waals surface area contributed by atoms with Gasteiger partial charge < -0.3 is 20.5 Å². The smallest absolute Gasteiger partial charge is 0.407 e. The molecule has 0 aliphatic heterocycles. The number of nitrogens with one attached hydrogen (secondary N) is 2. The summed E-state index contributed by atoms with van der Waals surface area (Å²) in [4.78, 5) is 37.5. The SMILES string of the molecule is CCC[C@@H](NC(=O)C(C)(C)C(NC(=O)OCC1c2ccccc2-c2ccccc21)C(C)C)C(=O)O. The van der Waals surface area contributed by atoms with Gasteiger partial charge in [-0.3, -0.25) is 4.79 Å². The molecule has 3 rings (SSSR count). The summed E-state index contributed by atoms with van der Waals surface area (Å²) < 4.78 is 5.68. The van der Waals surface area contributed by atoms with Crippen LogP contribution >= 0.6 is 0 Å². The van der Waals surface area contributed by atoms with E-state index < -0.39 is 35.5 Å². The van der Waals surface area contributed by atoms with Crippen molar-refractivity contribution in [1.82, 2.24) is 10.6 Å². The third-order valence-electron chi connectivity index (χ3n) is 6.83. The van der Waals surface area contributed by atoms with Gasteiger partial charge in [0.1, 0.15) is 12.6 Å². The molecule has 2 aromatic rings. The van der Waals surface area contributed by atoms with Crippen LogP contribution in [0.15, 0.2) is 48.5 Å². The molecule has 2 amide bonds. The summed E-state index contributed by atoms with van der Waals surface area (Å²) in [5.74, 6) is -1.64. The fraction of sp³-hybridized carbons (Fsp3) is 0.464. The second-order valence-corrected chi connectivity index (χ2v) is 10.1. The second kappa shape index (κ2) is 10.9. The summed E-state index contributed by atoms with van der Waals surface area (Å²) in [6.07, 6.45) is 0.363. The van der Waals surface area contributed by atoms with Gasteiger partial charge in [-0.25, -0.2) is 9.59 Å². The van der Waals surface area contributed by atoms with Crippen LogP contribution in [-0.2, 0) is 14.3 Å². The van der Waals surface area contributed by atoms with Gasteiger partial charge in [-0.1, -0.05) is 75.7 Å². The lowest BCUT2D eigenvalue weighted by Crippen LogP contribution is -2.57. The van der Waals surface area contributed by atoms with Gasteiger partial charge >= 0.3 is 12.1 Å². The van der Waals surface area contributed by atoms with E-state index in [1.165, 1.54) is 0 Å². The van der Waals surface area contributed by atoms with E-state index >= 15 is 0 Å². The van der Waals surface area contributed by atoms with Crippen molar-refractivity contribution in [2.24, 2.45) is 11.3 Å². The molecular weight excluding hydrogens is 444 g/mol. The van der Waals surface area contributed by atoms with E-state index in [9.17, 15) is 19.5 Å². The number of benzene rings is 2. The highest BCUT2D eigenvalue weighted by atomic mass is 16.5. The minimum absolute atomic E-state index is 0.0627. The Hall–Kier alpha value is -3.35. The standard InChI is InChI=1S/C28H36N2O5/c1-6-11-23(25(31)32)29-26(33)28(4,5)24(17(2)3)30-27(34)35-16-22-20-14-9-7-12-18(20)19-13-8-10-15-21(19)22/h7-10,12-15,17,22-24H,6,11,16H2,1-5H3,(H,29,33)(H,30,34)(H,31,32)/t23-,24?/m1/s1. The van der Waals surface area contributed by atoms with Crippen LogP contribution in [-0.4, -0.2) is 41.8 Å². The number of carboxylic acids is 1. The minimum atomic E-state index is -1.07. The average molecular weight is 481 g/mol. The Labute approximate surface area is 207 Å². The third-order valence-corrected chi connectivity index (χ3v) is 6.83. The molecule has 0 radical (unpaired) electrons. The lowest BCUT2D eigenvalue weighted by Gasteiger charge is -2.36. The van der Waals surface area contributed by atoms with E-state index in [0.717, 1.165) is 22.3 Å². The second-order valence-electron chi connectivity index (χ2n) is 10.1. The zero-order valence-corrected chi connectivity index (χ0v) is 21.1. The Kier molecular flexibility index (Phi) is 8.20. The van der Waals surface area contributed by atoms with E-state index in [0.29, 0.717) is 12.8 Å². The van der Waals surface area contributed by atoms with Crippen LogP contribution < -0.4 is 10.6 Å². The monoisotopic (exact) mass is 480 g/mol. The van der Waals surface area contributed by atoms with Crippen LogP contribution in [0.1, 0.15) is 64.5 Å². The number of alkyl carbamates (subject to hydrolysis) is 1. The first-order valence-corrected chi connectivity index (χ1v) is 12.2. The Bertz CT molecular complexity index is 1030. The van der Waals surface area contributed by atoms with Crippen molar-refractivity contribution in [1.29, 1.82) is 0 Å². The molecule has 35 heavy (non-hydrogen) atoms. The number of amides is 2. The van der Waals surface area contributed by atoms with Crippen LogP contribution in [0.4, 0.5) is 4.79 Å². The zero-order chi connectivity index (χ0) is 25.8. The van der Waals surface area contributed by atoms with Gasteiger partial charge in [-0.15, -0.1) is 0 Å². The maximum Gasteiger partial charge on any atom is 0.407 e. The van der Waals surface area contributed by atoms with E-state index in [1.807, 2.05) is 45.0 Å². The van der Waals surface area contributed by atoms with Crippen LogP contribution in [0, 0.1) is 11.3 Å². The number of aliphatic carboxylic acids is 1. The van der Waals surface area contributed by atoms with Crippen LogP contribution in [0.3, 0.4) is 0 Å². The molecule has 3 N–H and O–H groups in total. The molecule has 2 aromatic carbocycles. The van der Waals surface area contributed by atoms with Crippen molar-refractivity contribution in [2.45, 2.75) is 65.5 Å². The molecule has 0 saturated carbocycles. The van der Waals surface area contributed by atoms with E-state index in [1.54, 1.807) is 13.8 Å². The predicted molar refractivity (Wildman–Crippen MR) is 135 cm³/mol. The minimum Gasteiger partial charge on any atom is -0.480 e. The maximum absolute atomic E-state index is 13.1. The molecule has 7 heteroatoms. The Morgan fingerprint density at radius 1 is 0.971 bits per heavy atom. The molecule has 0 heterocycles. The fourth-order valence-electron chi connectivity index (χ4n) is 4.98. The van der Waals surface area contributed by atoms with Crippen LogP contribution in [0.25, 0.3) is 11.1 Å². The van der Waals surface area contributed by atoms with Crippen LogP contribution in [0.5, 0.6) is 0 Å².